The van der Waals surface area contributed by atoms with Crippen molar-refractivity contribution in [3.63, 3.8) is 0 Å². The standard InChI is InChI=1S/C31H55Br/c1-3-5-7-9-11-13-15-17-19-21-23-29-25-30(27-31(26-29)28-32)24-22-20-18-16-14-12-10-8-6-4-2/h25-27H,3-24,28H2,1-2H3. The summed E-state index contributed by atoms with van der Waals surface area (Å²) in [7, 11) is 0. The van der Waals surface area contributed by atoms with E-state index < -0.39 is 0 Å². The van der Waals surface area contributed by atoms with Crippen LogP contribution < -0.4 is 0 Å². The van der Waals surface area contributed by atoms with Gasteiger partial charge in [0.2, 0.25) is 0 Å². The molecule has 0 aliphatic heterocycles. The lowest BCUT2D eigenvalue weighted by molar-refractivity contribution is 0.555. The Morgan fingerprint density at radius 1 is 0.406 bits per heavy atom. The predicted octanol–water partition coefficient (Wildman–Crippen LogP) is 11.5. The highest BCUT2D eigenvalue weighted by Gasteiger charge is 2.03. The van der Waals surface area contributed by atoms with Crippen LogP contribution in [0.1, 0.15) is 159 Å². The molecule has 0 bridgehead atoms. The maximum Gasteiger partial charge on any atom is 0.0283 e. The van der Waals surface area contributed by atoms with Crippen molar-refractivity contribution in [3.05, 3.63) is 34.9 Å². The molecule has 0 spiro atoms. The molecular formula is C31H55Br. The van der Waals surface area contributed by atoms with Gasteiger partial charge in [0.05, 0.1) is 0 Å². The number of hydrogen-bond acceptors (Lipinski definition) is 0. The fraction of sp³-hybridized carbons (Fsp3) is 0.806. The van der Waals surface area contributed by atoms with Gasteiger partial charge in [-0.15, -0.1) is 0 Å². The fourth-order valence-corrected chi connectivity index (χ4v) is 5.16. The van der Waals surface area contributed by atoms with E-state index in [1.165, 1.54) is 147 Å². The first-order chi connectivity index (χ1) is 15.8. The third-order valence-electron chi connectivity index (χ3n) is 6.90. The van der Waals surface area contributed by atoms with Crippen LogP contribution in [0.15, 0.2) is 18.2 Å². The molecule has 1 aromatic rings. The molecule has 0 aromatic heterocycles. The zero-order valence-corrected chi connectivity index (χ0v) is 23.5. The largest absolute Gasteiger partial charge is 0.0876 e. The first kappa shape index (κ1) is 29.7. The third kappa shape index (κ3) is 17.2. The van der Waals surface area contributed by atoms with E-state index in [-0.39, 0.29) is 0 Å². The highest BCUT2D eigenvalue weighted by atomic mass is 79.9. The van der Waals surface area contributed by atoms with E-state index >= 15 is 0 Å². The van der Waals surface area contributed by atoms with E-state index in [1.807, 2.05) is 0 Å². The molecule has 0 aliphatic carbocycles. The molecule has 0 aliphatic rings. The second-order valence-electron chi connectivity index (χ2n) is 10.2. The Labute approximate surface area is 210 Å². The fourth-order valence-electron chi connectivity index (χ4n) is 4.84. The summed E-state index contributed by atoms with van der Waals surface area (Å²) in [6.45, 7) is 4.60. The smallest absolute Gasteiger partial charge is 0.0283 e. The molecule has 0 amide bonds. The summed E-state index contributed by atoms with van der Waals surface area (Å²) in [6.07, 6.45) is 31.0. The zero-order valence-electron chi connectivity index (χ0n) is 21.9. The number of halogens is 1. The van der Waals surface area contributed by atoms with Crippen molar-refractivity contribution in [2.75, 3.05) is 0 Å². The van der Waals surface area contributed by atoms with Gasteiger partial charge in [0.25, 0.3) is 0 Å². The number of unbranched alkanes of at least 4 members (excludes halogenated alkanes) is 18. The van der Waals surface area contributed by atoms with Gasteiger partial charge in [-0.2, -0.15) is 0 Å². The van der Waals surface area contributed by atoms with E-state index in [0.717, 1.165) is 5.33 Å². The van der Waals surface area contributed by atoms with Crippen molar-refractivity contribution < 1.29 is 0 Å². The van der Waals surface area contributed by atoms with Gasteiger partial charge in [-0.05, 0) is 42.4 Å². The summed E-state index contributed by atoms with van der Waals surface area (Å²) in [5.74, 6) is 0. The van der Waals surface area contributed by atoms with Gasteiger partial charge >= 0.3 is 0 Å². The molecule has 0 saturated heterocycles. The SMILES string of the molecule is CCCCCCCCCCCCc1cc(CBr)cc(CCCCCCCCCCCC)c1. The first-order valence-electron chi connectivity index (χ1n) is 14.5. The van der Waals surface area contributed by atoms with Gasteiger partial charge in [-0.1, -0.05) is 164 Å². The van der Waals surface area contributed by atoms with Gasteiger partial charge in [0.15, 0.2) is 0 Å². The van der Waals surface area contributed by atoms with Crippen LogP contribution in [-0.2, 0) is 18.2 Å². The molecule has 1 aromatic carbocycles. The van der Waals surface area contributed by atoms with Crippen molar-refractivity contribution >= 4 is 15.9 Å². The normalized spacial score (nSPS) is 11.3. The van der Waals surface area contributed by atoms with Gasteiger partial charge in [-0.25, -0.2) is 0 Å². The quantitative estimate of drug-likeness (QED) is 0.102. The highest BCUT2D eigenvalue weighted by Crippen LogP contribution is 2.19. The molecule has 0 heterocycles. The third-order valence-corrected chi connectivity index (χ3v) is 7.55. The van der Waals surface area contributed by atoms with Gasteiger partial charge in [-0.3, -0.25) is 0 Å². The average molecular weight is 508 g/mol. The lowest BCUT2D eigenvalue weighted by Crippen LogP contribution is -1.94. The minimum Gasteiger partial charge on any atom is -0.0876 e. The molecule has 0 nitrogen and oxygen atoms in total. The maximum atomic E-state index is 3.69. The monoisotopic (exact) mass is 506 g/mol. The number of rotatable bonds is 23. The van der Waals surface area contributed by atoms with Crippen LogP contribution in [0.3, 0.4) is 0 Å². The molecule has 0 saturated carbocycles. The van der Waals surface area contributed by atoms with Crippen molar-refractivity contribution in [1.29, 1.82) is 0 Å². The summed E-state index contributed by atoms with van der Waals surface area (Å²) in [4.78, 5) is 0. The van der Waals surface area contributed by atoms with Crippen LogP contribution in [0.5, 0.6) is 0 Å². The van der Waals surface area contributed by atoms with Crippen molar-refractivity contribution in [1.82, 2.24) is 0 Å². The van der Waals surface area contributed by atoms with Gasteiger partial charge < -0.3 is 0 Å². The Hall–Kier alpha value is -0.300. The second kappa shape index (κ2) is 22.5. The van der Waals surface area contributed by atoms with Crippen molar-refractivity contribution in [2.45, 2.75) is 160 Å². The number of aryl methyl sites for hydroxylation is 2. The van der Waals surface area contributed by atoms with Crippen LogP contribution in [-0.4, -0.2) is 0 Å². The number of hydrogen-bond donors (Lipinski definition) is 0. The van der Waals surface area contributed by atoms with Crippen LogP contribution in [0.2, 0.25) is 0 Å². The Morgan fingerprint density at radius 2 is 0.688 bits per heavy atom. The molecule has 1 rings (SSSR count). The van der Waals surface area contributed by atoms with E-state index in [9.17, 15) is 0 Å². The first-order valence-corrected chi connectivity index (χ1v) is 15.6. The lowest BCUT2D eigenvalue weighted by atomic mass is 9.97. The highest BCUT2D eigenvalue weighted by molar-refractivity contribution is 9.08. The van der Waals surface area contributed by atoms with Crippen LogP contribution >= 0.6 is 15.9 Å². The van der Waals surface area contributed by atoms with Crippen LogP contribution in [0.25, 0.3) is 0 Å². The minimum atomic E-state index is 0.990. The molecule has 0 unspecified atom stereocenters. The summed E-state index contributed by atoms with van der Waals surface area (Å²) < 4.78 is 0. The summed E-state index contributed by atoms with van der Waals surface area (Å²) in [6, 6.07) is 7.38. The topological polar surface area (TPSA) is 0 Å². The van der Waals surface area contributed by atoms with E-state index in [2.05, 4.69) is 48.0 Å². The second-order valence-corrected chi connectivity index (χ2v) is 10.7. The summed E-state index contributed by atoms with van der Waals surface area (Å²) in [5.41, 5.74) is 4.61. The minimum absolute atomic E-state index is 0.990. The average Bonchev–Trinajstić information content (AvgIpc) is 2.81. The summed E-state index contributed by atoms with van der Waals surface area (Å²) >= 11 is 3.69. The summed E-state index contributed by atoms with van der Waals surface area (Å²) in [5, 5.41) is 0.990. The Balaban J connectivity index is 2.13. The zero-order chi connectivity index (χ0) is 23.1. The van der Waals surface area contributed by atoms with Crippen LogP contribution in [0.4, 0.5) is 0 Å². The molecule has 0 N–H and O–H groups in total. The molecule has 0 atom stereocenters. The molecule has 32 heavy (non-hydrogen) atoms. The Kier molecular flexibility index (Phi) is 20.9. The molecule has 0 radical (unpaired) electrons. The van der Waals surface area contributed by atoms with Crippen molar-refractivity contribution in [2.24, 2.45) is 0 Å². The molecule has 186 valence electrons. The maximum absolute atomic E-state index is 3.69. The number of alkyl halides is 1. The van der Waals surface area contributed by atoms with E-state index in [1.54, 1.807) is 11.1 Å². The Bertz CT molecular complexity index is 479. The Morgan fingerprint density at radius 3 is 1.00 bits per heavy atom. The van der Waals surface area contributed by atoms with Crippen LogP contribution in [0, 0.1) is 0 Å². The van der Waals surface area contributed by atoms with Gasteiger partial charge in [0.1, 0.15) is 0 Å². The number of benzene rings is 1. The van der Waals surface area contributed by atoms with Crippen molar-refractivity contribution in [3.8, 4) is 0 Å². The molecule has 1 heteroatoms. The predicted molar refractivity (Wildman–Crippen MR) is 150 cm³/mol. The molecular weight excluding hydrogens is 452 g/mol. The van der Waals surface area contributed by atoms with E-state index in [0.29, 0.717) is 0 Å². The molecule has 0 fully saturated rings. The van der Waals surface area contributed by atoms with E-state index in [4.69, 9.17) is 0 Å². The lowest BCUT2D eigenvalue weighted by Gasteiger charge is -2.09. The van der Waals surface area contributed by atoms with Gasteiger partial charge in [0, 0.05) is 5.33 Å².